The van der Waals surface area contributed by atoms with Crippen LogP contribution in [0.1, 0.15) is 52.0 Å². The molecule has 0 bridgehead atoms. The van der Waals surface area contributed by atoms with Crippen LogP contribution in [0, 0.1) is 0 Å². The fraction of sp³-hybridized carbons (Fsp3) is 0.565. The SMILES string of the molecule is CC(C)(C)OC(=O)N1CCCC[C@@H](OCCCc2ccnc3cc(O)cc(O)c23)C1. The van der Waals surface area contributed by atoms with Crippen molar-refractivity contribution >= 4 is 17.0 Å². The van der Waals surface area contributed by atoms with E-state index >= 15 is 0 Å². The molecule has 1 amide bonds. The molecule has 0 unspecified atom stereocenters. The average Bonchev–Trinajstić information content (AvgIpc) is 2.89. The Labute approximate surface area is 177 Å². The summed E-state index contributed by atoms with van der Waals surface area (Å²) in [7, 11) is 0. The fourth-order valence-electron chi connectivity index (χ4n) is 3.77. The number of pyridine rings is 1. The van der Waals surface area contributed by atoms with Crippen molar-refractivity contribution in [3.8, 4) is 11.5 Å². The van der Waals surface area contributed by atoms with Crippen LogP contribution in [0.25, 0.3) is 10.9 Å². The summed E-state index contributed by atoms with van der Waals surface area (Å²) in [5, 5.41) is 20.5. The molecule has 1 aromatic carbocycles. The van der Waals surface area contributed by atoms with Crippen molar-refractivity contribution in [2.45, 2.75) is 64.6 Å². The van der Waals surface area contributed by atoms with Gasteiger partial charge in [-0.25, -0.2) is 4.79 Å². The predicted molar refractivity (Wildman–Crippen MR) is 115 cm³/mol. The molecule has 2 heterocycles. The van der Waals surface area contributed by atoms with Gasteiger partial charge in [-0.15, -0.1) is 0 Å². The number of carbonyl (C=O) groups excluding carboxylic acids is 1. The minimum atomic E-state index is -0.505. The number of aryl methyl sites for hydroxylation is 1. The molecule has 2 N–H and O–H groups in total. The first kappa shape index (κ1) is 22.2. The Balaban J connectivity index is 1.54. The van der Waals surface area contributed by atoms with Crippen LogP contribution in [-0.2, 0) is 15.9 Å². The first-order chi connectivity index (χ1) is 14.2. The van der Waals surface area contributed by atoms with Gasteiger partial charge in [0, 0.05) is 36.9 Å². The van der Waals surface area contributed by atoms with Crippen molar-refractivity contribution in [1.82, 2.24) is 9.88 Å². The minimum absolute atomic E-state index is 0.000414. The maximum Gasteiger partial charge on any atom is 0.410 e. The molecule has 7 heteroatoms. The molecule has 0 spiro atoms. The van der Waals surface area contributed by atoms with Crippen LogP contribution in [0.4, 0.5) is 4.79 Å². The number of rotatable bonds is 5. The molecule has 164 valence electrons. The third-order valence-electron chi connectivity index (χ3n) is 5.12. The molecule has 1 aliphatic rings. The van der Waals surface area contributed by atoms with Gasteiger partial charge in [0.1, 0.15) is 17.1 Å². The molecule has 1 aliphatic heterocycles. The van der Waals surface area contributed by atoms with E-state index in [4.69, 9.17) is 9.47 Å². The van der Waals surface area contributed by atoms with Crippen molar-refractivity contribution < 1.29 is 24.5 Å². The summed E-state index contributed by atoms with van der Waals surface area (Å²) < 4.78 is 11.6. The number of amides is 1. The molecule has 1 atom stereocenters. The molecule has 1 aromatic heterocycles. The second-order valence-electron chi connectivity index (χ2n) is 8.85. The normalized spacial score (nSPS) is 17.7. The molecule has 1 saturated heterocycles. The summed E-state index contributed by atoms with van der Waals surface area (Å²) in [5.41, 5.74) is 1.04. The molecular weight excluding hydrogens is 384 g/mol. The van der Waals surface area contributed by atoms with E-state index in [0.717, 1.165) is 37.7 Å². The highest BCUT2D eigenvalue weighted by Crippen LogP contribution is 2.31. The second kappa shape index (κ2) is 9.51. The van der Waals surface area contributed by atoms with Crippen LogP contribution in [-0.4, -0.2) is 57.6 Å². The number of phenolic OH excluding ortho intramolecular Hbond substituents is 2. The standard InChI is InChI=1S/C23H32N2O5/c1-23(2,3)30-22(28)25-11-5-4-8-18(15-25)29-12-6-7-16-9-10-24-19-13-17(26)14-20(27)21(16)19/h9-10,13-14,18,26-27H,4-8,11-12,15H2,1-3H3/t18-/m1/s1. The number of hydrogen-bond donors (Lipinski definition) is 2. The molecule has 0 radical (unpaired) electrons. The molecule has 2 aromatic rings. The van der Waals surface area contributed by atoms with Crippen molar-refractivity contribution in [2.75, 3.05) is 19.7 Å². The monoisotopic (exact) mass is 416 g/mol. The van der Waals surface area contributed by atoms with Crippen LogP contribution in [0.15, 0.2) is 24.4 Å². The van der Waals surface area contributed by atoms with E-state index < -0.39 is 5.60 Å². The molecular formula is C23H32N2O5. The molecule has 3 rings (SSSR count). The zero-order valence-corrected chi connectivity index (χ0v) is 18.1. The van der Waals surface area contributed by atoms with E-state index in [-0.39, 0.29) is 23.7 Å². The lowest BCUT2D eigenvalue weighted by atomic mass is 10.0. The first-order valence-electron chi connectivity index (χ1n) is 10.6. The van der Waals surface area contributed by atoms with E-state index in [9.17, 15) is 15.0 Å². The third-order valence-corrected chi connectivity index (χ3v) is 5.12. The number of nitrogens with zero attached hydrogens (tertiary/aromatic N) is 2. The smallest absolute Gasteiger partial charge is 0.410 e. The lowest BCUT2D eigenvalue weighted by Crippen LogP contribution is -2.41. The topological polar surface area (TPSA) is 92.1 Å². The third kappa shape index (κ3) is 5.98. The predicted octanol–water partition coefficient (Wildman–Crippen LogP) is 4.38. The number of ether oxygens (including phenoxy) is 2. The summed E-state index contributed by atoms with van der Waals surface area (Å²) in [6.07, 6.45) is 5.81. The summed E-state index contributed by atoms with van der Waals surface area (Å²) in [5.74, 6) is 0.0293. The zero-order chi connectivity index (χ0) is 21.7. The maximum atomic E-state index is 12.4. The van der Waals surface area contributed by atoms with Gasteiger partial charge in [-0.05, 0) is 64.5 Å². The van der Waals surface area contributed by atoms with Gasteiger partial charge < -0.3 is 24.6 Å². The van der Waals surface area contributed by atoms with Crippen LogP contribution in [0.3, 0.4) is 0 Å². The van der Waals surface area contributed by atoms with Crippen molar-refractivity contribution in [3.63, 3.8) is 0 Å². The van der Waals surface area contributed by atoms with Gasteiger partial charge in [-0.1, -0.05) is 0 Å². The number of aromatic hydroxyl groups is 2. The van der Waals surface area contributed by atoms with Crippen molar-refractivity contribution in [2.24, 2.45) is 0 Å². The van der Waals surface area contributed by atoms with E-state index in [1.54, 1.807) is 17.2 Å². The Morgan fingerprint density at radius 1 is 1.27 bits per heavy atom. The number of likely N-dealkylation sites (tertiary alicyclic amines) is 1. The lowest BCUT2D eigenvalue weighted by molar-refractivity contribution is 0.000774. The summed E-state index contributed by atoms with van der Waals surface area (Å²) in [6.45, 7) is 7.43. The molecule has 7 nitrogen and oxygen atoms in total. The summed E-state index contributed by atoms with van der Waals surface area (Å²) in [4.78, 5) is 18.4. The Morgan fingerprint density at radius 2 is 2.07 bits per heavy atom. The van der Waals surface area contributed by atoms with Crippen molar-refractivity contribution in [3.05, 3.63) is 30.0 Å². The number of benzene rings is 1. The summed E-state index contributed by atoms with van der Waals surface area (Å²) in [6, 6.07) is 4.77. The second-order valence-corrected chi connectivity index (χ2v) is 8.85. The van der Waals surface area contributed by atoms with Crippen molar-refractivity contribution in [1.29, 1.82) is 0 Å². The zero-order valence-electron chi connectivity index (χ0n) is 18.1. The van der Waals surface area contributed by atoms with Gasteiger partial charge in [0.2, 0.25) is 0 Å². The quantitative estimate of drug-likeness (QED) is 0.703. The number of aromatic nitrogens is 1. The first-order valence-corrected chi connectivity index (χ1v) is 10.6. The van der Waals surface area contributed by atoms with Crippen LogP contribution in [0.2, 0.25) is 0 Å². The van der Waals surface area contributed by atoms with E-state index in [1.165, 1.54) is 6.07 Å². The van der Waals surface area contributed by atoms with Gasteiger partial charge in [-0.3, -0.25) is 4.98 Å². The van der Waals surface area contributed by atoms with Crippen LogP contribution in [0.5, 0.6) is 11.5 Å². The average molecular weight is 417 g/mol. The summed E-state index contributed by atoms with van der Waals surface area (Å²) >= 11 is 0. The molecule has 1 fully saturated rings. The largest absolute Gasteiger partial charge is 0.508 e. The highest BCUT2D eigenvalue weighted by atomic mass is 16.6. The maximum absolute atomic E-state index is 12.4. The number of hydrogen-bond acceptors (Lipinski definition) is 6. The van der Waals surface area contributed by atoms with E-state index in [2.05, 4.69) is 4.98 Å². The van der Waals surface area contributed by atoms with E-state index in [1.807, 2.05) is 26.8 Å². The Morgan fingerprint density at radius 3 is 2.83 bits per heavy atom. The highest BCUT2D eigenvalue weighted by Gasteiger charge is 2.26. The Kier molecular flexibility index (Phi) is 7.02. The minimum Gasteiger partial charge on any atom is -0.508 e. The number of phenols is 2. The number of fused-ring (bicyclic) bond motifs is 1. The Bertz CT molecular complexity index is 878. The van der Waals surface area contributed by atoms with Crippen LogP contribution < -0.4 is 0 Å². The lowest BCUT2D eigenvalue weighted by Gasteiger charge is -2.28. The molecule has 0 aliphatic carbocycles. The molecule has 30 heavy (non-hydrogen) atoms. The van der Waals surface area contributed by atoms with Gasteiger partial charge >= 0.3 is 6.09 Å². The fourth-order valence-corrected chi connectivity index (χ4v) is 3.77. The van der Waals surface area contributed by atoms with E-state index in [0.29, 0.717) is 30.6 Å². The highest BCUT2D eigenvalue weighted by molar-refractivity contribution is 5.89. The Hall–Kier alpha value is -2.54. The van der Waals surface area contributed by atoms with Crippen LogP contribution >= 0.6 is 0 Å². The van der Waals surface area contributed by atoms with Gasteiger partial charge in [-0.2, -0.15) is 0 Å². The van der Waals surface area contributed by atoms with Gasteiger partial charge in [0.25, 0.3) is 0 Å². The number of carbonyl (C=O) groups is 1. The molecule has 0 saturated carbocycles. The van der Waals surface area contributed by atoms with Gasteiger partial charge in [0.05, 0.1) is 18.2 Å². The van der Waals surface area contributed by atoms with Gasteiger partial charge in [0.15, 0.2) is 0 Å².